The fourth-order valence-electron chi connectivity index (χ4n) is 1.94. The lowest BCUT2D eigenvalue weighted by Gasteiger charge is -2.26. The fourth-order valence-corrected chi connectivity index (χ4v) is 2.24. The molecule has 1 unspecified atom stereocenters. The van der Waals surface area contributed by atoms with Gasteiger partial charge in [-0.3, -0.25) is 5.32 Å². The number of hydrogen-bond donors (Lipinski definition) is 2. The van der Waals surface area contributed by atoms with Crippen LogP contribution in [0.3, 0.4) is 0 Å². The van der Waals surface area contributed by atoms with Gasteiger partial charge in [0.25, 0.3) is 0 Å². The molecular weight excluding hydrogens is 327 g/mol. The first kappa shape index (κ1) is 16.7. The molecule has 1 aromatic carbocycles. The number of halogens is 2. The van der Waals surface area contributed by atoms with Crippen LogP contribution in [-0.4, -0.2) is 26.1 Å². The van der Waals surface area contributed by atoms with Crippen LogP contribution in [0.25, 0.3) is 0 Å². The van der Waals surface area contributed by atoms with Crippen LogP contribution < -0.4 is 5.32 Å². The molecule has 22 heavy (non-hydrogen) atoms. The minimum atomic E-state index is -1.32. The van der Waals surface area contributed by atoms with E-state index in [2.05, 4.69) is 15.5 Å². The molecule has 0 aliphatic heterocycles. The summed E-state index contributed by atoms with van der Waals surface area (Å²) < 4.78 is 0. The van der Waals surface area contributed by atoms with Crippen molar-refractivity contribution >= 4 is 29.2 Å². The van der Waals surface area contributed by atoms with Crippen LogP contribution in [0.1, 0.15) is 25.1 Å². The van der Waals surface area contributed by atoms with E-state index in [0.717, 1.165) is 0 Å². The van der Waals surface area contributed by atoms with Crippen molar-refractivity contribution in [2.45, 2.75) is 32.5 Å². The molecule has 0 aliphatic carbocycles. The molecule has 1 aromatic heterocycles. The highest BCUT2D eigenvalue weighted by molar-refractivity contribution is 6.42. The van der Waals surface area contributed by atoms with Gasteiger partial charge in [-0.2, -0.15) is 15.0 Å². The number of carboxylic acid groups (broad SMARTS) is 1. The second-order valence-electron chi connectivity index (χ2n) is 4.94. The first-order valence-electron chi connectivity index (χ1n) is 6.69. The molecule has 0 fully saturated rings. The average Bonchev–Trinajstić information content (AvgIpc) is 2.95. The maximum Gasteiger partial charge on any atom is 0.328 e. The number of nitrogens with zero attached hydrogens (tertiary/aromatic N) is 3. The number of aryl methyl sites for hydroxylation is 1. The quantitative estimate of drug-likeness (QED) is 0.843. The smallest absolute Gasteiger partial charge is 0.328 e. The van der Waals surface area contributed by atoms with Crippen LogP contribution in [0, 0.1) is 0 Å². The average molecular weight is 343 g/mol. The molecule has 2 rings (SSSR count). The second kappa shape index (κ2) is 6.64. The van der Waals surface area contributed by atoms with Crippen molar-refractivity contribution in [3.8, 4) is 0 Å². The summed E-state index contributed by atoms with van der Waals surface area (Å²) in [7, 11) is 0. The lowest BCUT2D eigenvalue weighted by Crippen LogP contribution is -2.46. The maximum atomic E-state index is 11.7. The van der Waals surface area contributed by atoms with Gasteiger partial charge in [-0.05, 0) is 31.5 Å². The summed E-state index contributed by atoms with van der Waals surface area (Å²) in [5, 5.41) is 21.6. The van der Waals surface area contributed by atoms with Crippen molar-refractivity contribution in [2.24, 2.45) is 0 Å². The standard InChI is InChI=1S/C14H16Cl2N4O2/c1-3-20-18-8-10(19-20)7-17-14(2,13(21)22)9-4-5-11(15)12(16)6-9/h4-6,8,17H,3,7H2,1-2H3,(H,21,22). The summed E-state index contributed by atoms with van der Waals surface area (Å²) in [5.74, 6) is -1.02. The van der Waals surface area contributed by atoms with Gasteiger partial charge in [-0.25, -0.2) is 4.79 Å². The molecule has 0 spiro atoms. The van der Waals surface area contributed by atoms with Gasteiger partial charge in [-0.1, -0.05) is 29.3 Å². The summed E-state index contributed by atoms with van der Waals surface area (Å²) in [6.07, 6.45) is 1.60. The van der Waals surface area contributed by atoms with Crippen molar-refractivity contribution < 1.29 is 9.90 Å². The Kier molecular flexibility index (Phi) is 5.05. The van der Waals surface area contributed by atoms with Crippen LogP contribution in [0.5, 0.6) is 0 Å². The van der Waals surface area contributed by atoms with E-state index in [-0.39, 0.29) is 6.54 Å². The summed E-state index contributed by atoms with van der Waals surface area (Å²) in [6, 6.07) is 4.77. The van der Waals surface area contributed by atoms with Crippen LogP contribution in [0.4, 0.5) is 0 Å². The lowest BCUT2D eigenvalue weighted by molar-refractivity contribution is -0.144. The minimum Gasteiger partial charge on any atom is -0.480 e. The molecular formula is C14H16Cl2N4O2. The maximum absolute atomic E-state index is 11.7. The molecule has 0 amide bonds. The summed E-state index contributed by atoms with van der Waals surface area (Å²) in [5.41, 5.74) is -0.142. The number of carboxylic acids is 1. The van der Waals surface area contributed by atoms with E-state index in [1.165, 1.54) is 4.80 Å². The number of aliphatic carboxylic acids is 1. The second-order valence-corrected chi connectivity index (χ2v) is 5.75. The lowest BCUT2D eigenvalue weighted by atomic mass is 9.92. The van der Waals surface area contributed by atoms with Gasteiger partial charge in [0, 0.05) is 6.54 Å². The predicted octanol–water partition coefficient (Wildman–Crippen LogP) is 2.69. The van der Waals surface area contributed by atoms with E-state index in [4.69, 9.17) is 23.2 Å². The number of aromatic nitrogens is 3. The third-order valence-electron chi connectivity index (χ3n) is 3.41. The molecule has 0 radical (unpaired) electrons. The topological polar surface area (TPSA) is 80.0 Å². The normalized spacial score (nSPS) is 13.8. The Morgan fingerprint density at radius 2 is 2.14 bits per heavy atom. The van der Waals surface area contributed by atoms with Gasteiger partial charge < -0.3 is 5.11 Å². The number of benzene rings is 1. The predicted molar refractivity (Wildman–Crippen MR) is 84.0 cm³/mol. The monoisotopic (exact) mass is 342 g/mol. The van der Waals surface area contributed by atoms with Crippen molar-refractivity contribution in [1.82, 2.24) is 20.3 Å². The first-order chi connectivity index (χ1) is 10.4. The van der Waals surface area contributed by atoms with E-state index in [1.807, 2.05) is 6.92 Å². The molecule has 1 atom stereocenters. The molecule has 8 heteroatoms. The van der Waals surface area contributed by atoms with Crippen molar-refractivity contribution in [2.75, 3.05) is 0 Å². The summed E-state index contributed by atoms with van der Waals surface area (Å²) in [4.78, 5) is 13.3. The number of rotatable bonds is 6. The van der Waals surface area contributed by atoms with Crippen molar-refractivity contribution in [1.29, 1.82) is 0 Å². The largest absolute Gasteiger partial charge is 0.480 e. The van der Waals surface area contributed by atoms with Crippen LogP contribution >= 0.6 is 23.2 Å². The van der Waals surface area contributed by atoms with Gasteiger partial charge in [0.2, 0.25) is 0 Å². The van der Waals surface area contributed by atoms with Gasteiger partial charge >= 0.3 is 5.97 Å². The van der Waals surface area contributed by atoms with E-state index in [0.29, 0.717) is 27.8 Å². The zero-order valence-electron chi connectivity index (χ0n) is 12.2. The number of hydrogen-bond acceptors (Lipinski definition) is 4. The SMILES string of the molecule is CCn1ncc(CNC(C)(C(=O)O)c2ccc(Cl)c(Cl)c2)n1. The van der Waals surface area contributed by atoms with Crippen LogP contribution in [0.15, 0.2) is 24.4 Å². The highest BCUT2D eigenvalue weighted by Gasteiger charge is 2.35. The van der Waals surface area contributed by atoms with Gasteiger partial charge in [0.15, 0.2) is 0 Å². The van der Waals surface area contributed by atoms with Crippen molar-refractivity contribution in [3.63, 3.8) is 0 Å². The van der Waals surface area contributed by atoms with Gasteiger partial charge in [0.1, 0.15) is 5.54 Å². The zero-order chi connectivity index (χ0) is 16.3. The molecule has 2 aromatic rings. The molecule has 2 N–H and O–H groups in total. The van der Waals surface area contributed by atoms with E-state index < -0.39 is 11.5 Å². The fraction of sp³-hybridized carbons (Fsp3) is 0.357. The third-order valence-corrected chi connectivity index (χ3v) is 4.15. The Labute approximate surface area is 138 Å². The molecule has 0 saturated carbocycles. The molecule has 0 saturated heterocycles. The van der Waals surface area contributed by atoms with Crippen LogP contribution in [0.2, 0.25) is 10.0 Å². The Balaban J connectivity index is 2.23. The summed E-state index contributed by atoms with van der Waals surface area (Å²) in [6.45, 7) is 4.42. The molecule has 0 bridgehead atoms. The van der Waals surface area contributed by atoms with E-state index in [9.17, 15) is 9.90 Å². The van der Waals surface area contributed by atoms with Crippen LogP contribution in [-0.2, 0) is 23.4 Å². The summed E-state index contributed by atoms with van der Waals surface area (Å²) >= 11 is 11.9. The number of carbonyl (C=O) groups is 1. The minimum absolute atomic E-state index is 0.267. The Morgan fingerprint density at radius 1 is 1.41 bits per heavy atom. The Bertz CT molecular complexity index is 689. The van der Waals surface area contributed by atoms with Crippen molar-refractivity contribution in [3.05, 3.63) is 45.7 Å². The highest BCUT2D eigenvalue weighted by Crippen LogP contribution is 2.29. The van der Waals surface area contributed by atoms with Gasteiger partial charge in [0.05, 0.1) is 28.5 Å². The molecule has 118 valence electrons. The first-order valence-corrected chi connectivity index (χ1v) is 7.45. The Morgan fingerprint density at radius 3 is 2.68 bits per heavy atom. The number of nitrogens with one attached hydrogen (secondary N) is 1. The van der Waals surface area contributed by atoms with E-state index >= 15 is 0 Å². The molecule has 6 nitrogen and oxygen atoms in total. The molecule has 0 aliphatic rings. The molecule has 1 heterocycles. The zero-order valence-corrected chi connectivity index (χ0v) is 13.7. The Hall–Kier alpha value is -1.63. The third kappa shape index (κ3) is 3.40. The highest BCUT2D eigenvalue weighted by atomic mass is 35.5. The van der Waals surface area contributed by atoms with Gasteiger partial charge in [-0.15, -0.1) is 0 Å². The van der Waals surface area contributed by atoms with E-state index in [1.54, 1.807) is 31.3 Å².